The summed E-state index contributed by atoms with van der Waals surface area (Å²) in [5.41, 5.74) is 3.65. The molecule has 0 bridgehead atoms. The number of rotatable bonds is 7. The van der Waals surface area contributed by atoms with Crippen molar-refractivity contribution in [2.75, 3.05) is 12.4 Å². The van der Waals surface area contributed by atoms with E-state index in [-0.39, 0.29) is 5.57 Å². The number of nitrogens with one attached hydrogen (secondary N) is 1. The van der Waals surface area contributed by atoms with Crippen LogP contribution in [-0.2, 0) is 16.1 Å². The number of halogens is 2. The van der Waals surface area contributed by atoms with E-state index in [9.17, 15) is 14.9 Å². The zero-order valence-electron chi connectivity index (χ0n) is 18.4. The van der Waals surface area contributed by atoms with Gasteiger partial charge in [-0.25, -0.2) is 4.79 Å². The van der Waals surface area contributed by atoms with Crippen LogP contribution in [0.1, 0.15) is 27.0 Å². The van der Waals surface area contributed by atoms with E-state index in [0.29, 0.717) is 29.2 Å². The zero-order valence-corrected chi connectivity index (χ0v) is 22.1. The predicted molar refractivity (Wildman–Crippen MR) is 142 cm³/mol. The zero-order chi connectivity index (χ0) is 24.7. The van der Waals surface area contributed by atoms with Gasteiger partial charge in [0, 0.05) is 5.69 Å². The summed E-state index contributed by atoms with van der Waals surface area (Å²) in [5.74, 6) is -0.339. The van der Waals surface area contributed by atoms with E-state index in [0.717, 1.165) is 19.2 Å². The van der Waals surface area contributed by atoms with Crippen molar-refractivity contribution in [3.05, 3.63) is 96.5 Å². The Morgan fingerprint density at radius 2 is 1.88 bits per heavy atom. The Morgan fingerprint density at radius 1 is 1.15 bits per heavy atom. The highest BCUT2D eigenvalue weighted by molar-refractivity contribution is 14.1. The SMILES string of the molecule is COC(=O)c1ccc(NC(=O)/C(C#N)=C/c2cc(Br)c(OCc3cccc(C)c3)c(I)c2)cc1. The number of carbonyl (C=O) groups is 2. The first-order valence-electron chi connectivity index (χ1n) is 10.1. The molecule has 34 heavy (non-hydrogen) atoms. The largest absolute Gasteiger partial charge is 0.487 e. The van der Waals surface area contributed by atoms with Crippen LogP contribution in [0.5, 0.6) is 5.75 Å². The van der Waals surface area contributed by atoms with Crippen LogP contribution >= 0.6 is 38.5 Å². The lowest BCUT2D eigenvalue weighted by Gasteiger charge is -2.12. The minimum atomic E-state index is -0.556. The number of methoxy groups -OCH3 is 1. The number of benzene rings is 3. The van der Waals surface area contributed by atoms with Crippen molar-refractivity contribution in [1.29, 1.82) is 5.26 Å². The van der Waals surface area contributed by atoms with Crippen LogP contribution in [0.2, 0.25) is 0 Å². The Bertz CT molecular complexity index is 1270. The van der Waals surface area contributed by atoms with Crippen LogP contribution < -0.4 is 10.1 Å². The normalized spacial score (nSPS) is 10.9. The summed E-state index contributed by atoms with van der Waals surface area (Å²) in [6.45, 7) is 2.46. The quantitative estimate of drug-likeness (QED) is 0.144. The van der Waals surface area contributed by atoms with Crippen LogP contribution in [0.4, 0.5) is 5.69 Å². The molecule has 1 amide bonds. The molecule has 0 aromatic heterocycles. The molecule has 3 aromatic rings. The Kier molecular flexibility index (Phi) is 8.85. The number of carbonyl (C=O) groups excluding carboxylic acids is 2. The van der Waals surface area contributed by atoms with Gasteiger partial charge >= 0.3 is 5.97 Å². The van der Waals surface area contributed by atoms with Gasteiger partial charge in [0.15, 0.2) is 0 Å². The Balaban J connectivity index is 1.74. The van der Waals surface area contributed by atoms with Crippen LogP contribution in [0.25, 0.3) is 6.08 Å². The highest BCUT2D eigenvalue weighted by Crippen LogP contribution is 2.33. The summed E-state index contributed by atoms with van der Waals surface area (Å²) >= 11 is 5.69. The van der Waals surface area contributed by atoms with E-state index in [4.69, 9.17) is 4.74 Å². The summed E-state index contributed by atoms with van der Waals surface area (Å²) in [6, 6.07) is 19.9. The first-order chi connectivity index (χ1) is 16.3. The third-order valence-corrected chi connectivity index (χ3v) is 6.12. The Labute approximate surface area is 219 Å². The number of nitriles is 1. The van der Waals surface area contributed by atoms with Crippen molar-refractivity contribution in [2.45, 2.75) is 13.5 Å². The molecule has 0 unspecified atom stereocenters. The van der Waals surface area contributed by atoms with Crippen LogP contribution in [0.15, 0.2) is 70.7 Å². The molecule has 0 saturated heterocycles. The van der Waals surface area contributed by atoms with Gasteiger partial charge in [-0.15, -0.1) is 0 Å². The van der Waals surface area contributed by atoms with E-state index in [2.05, 4.69) is 54.6 Å². The lowest BCUT2D eigenvalue weighted by atomic mass is 10.1. The second-order valence-corrected chi connectivity index (χ2v) is 9.30. The van der Waals surface area contributed by atoms with E-state index < -0.39 is 11.9 Å². The molecular weight excluding hydrogens is 611 g/mol. The number of nitrogens with zero attached hydrogens (tertiary/aromatic N) is 1. The van der Waals surface area contributed by atoms with Gasteiger partial charge < -0.3 is 14.8 Å². The molecule has 0 aliphatic heterocycles. The van der Waals surface area contributed by atoms with Crippen molar-refractivity contribution >= 4 is 62.2 Å². The third-order valence-electron chi connectivity index (χ3n) is 4.73. The number of esters is 1. The van der Waals surface area contributed by atoms with E-state index >= 15 is 0 Å². The van der Waals surface area contributed by atoms with Gasteiger partial charge in [0.1, 0.15) is 24.0 Å². The molecule has 1 N–H and O–H groups in total. The molecule has 0 saturated carbocycles. The lowest BCUT2D eigenvalue weighted by molar-refractivity contribution is -0.112. The van der Waals surface area contributed by atoms with Gasteiger partial charge in [-0.2, -0.15) is 5.26 Å². The van der Waals surface area contributed by atoms with Crippen LogP contribution in [0, 0.1) is 21.8 Å². The number of anilines is 1. The number of amides is 1. The number of hydrogen-bond donors (Lipinski definition) is 1. The summed E-state index contributed by atoms with van der Waals surface area (Å²) in [7, 11) is 1.30. The molecule has 6 nitrogen and oxygen atoms in total. The molecule has 0 aliphatic rings. The fourth-order valence-electron chi connectivity index (χ4n) is 3.08. The summed E-state index contributed by atoms with van der Waals surface area (Å²) in [4.78, 5) is 24.2. The topological polar surface area (TPSA) is 88.4 Å². The maximum atomic E-state index is 12.6. The predicted octanol–water partition coefficient (Wildman–Crippen LogP) is 6.27. The fourth-order valence-corrected chi connectivity index (χ4v) is 4.85. The number of aryl methyl sites for hydroxylation is 1. The van der Waals surface area contributed by atoms with Gasteiger partial charge in [-0.05, 0) is 99.0 Å². The minimum Gasteiger partial charge on any atom is -0.487 e. The minimum absolute atomic E-state index is 0.0619. The standard InChI is InChI=1S/C26H20BrIN2O4/c1-16-4-3-5-17(10-16)15-34-24-22(27)12-18(13-23(24)28)11-20(14-29)25(31)30-21-8-6-19(7-9-21)26(32)33-2/h3-13H,15H2,1-2H3,(H,30,31)/b20-11+. The third kappa shape index (κ3) is 6.68. The van der Waals surface area contributed by atoms with Crippen molar-refractivity contribution in [1.82, 2.24) is 0 Å². The lowest BCUT2D eigenvalue weighted by Crippen LogP contribution is -2.13. The molecule has 0 heterocycles. The molecule has 0 radical (unpaired) electrons. The molecule has 0 spiro atoms. The molecular formula is C26H20BrIN2O4. The van der Waals surface area contributed by atoms with Gasteiger partial charge in [0.05, 0.1) is 20.7 Å². The first-order valence-corrected chi connectivity index (χ1v) is 12.0. The number of ether oxygens (including phenoxy) is 2. The highest BCUT2D eigenvalue weighted by Gasteiger charge is 2.13. The van der Waals surface area contributed by atoms with Gasteiger partial charge in [0.2, 0.25) is 0 Å². The average molecular weight is 631 g/mol. The van der Waals surface area contributed by atoms with Gasteiger partial charge in [-0.1, -0.05) is 29.8 Å². The summed E-state index contributed by atoms with van der Waals surface area (Å²) in [6.07, 6.45) is 1.51. The number of hydrogen-bond acceptors (Lipinski definition) is 5. The van der Waals surface area contributed by atoms with Gasteiger partial charge in [0.25, 0.3) is 5.91 Å². The Hall–Kier alpha value is -3.16. The van der Waals surface area contributed by atoms with E-state index in [1.165, 1.54) is 25.3 Å². The van der Waals surface area contributed by atoms with Crippen LogP contribution in [-0.4, -0.2) is 19.0 Å². The first kappa shape index (κ1) is 25.5. The van der Waals surface area contributed by atoms with Crippen molar-refractivity contribution < 1.29 is 19.1 Å². The summed E-state index contributed by atoms with van der Waals surface area (Å²) < 4.78 is 12.2. The molecule has 172 valence electrons. The van der Waals surface area contributed by atoms with Crippen molar-refractivity contribution in [2.24, 2.45) is 0 Å². The highest BCUT2D eigenvalue weighted by atomic mass is 127. The van der Waals surface area contributed by atoms with Crippen LogP contribution in [0.3, 0.4) is 0 Å². The van der Waals surface area contributed by atoms with Gasteiger partial charge in [-0.3, -0.25) is 4.79 Å². The molecule has 0 fully saturated rings. The smallest absolute Gasteiger partial charge is 0.337 e. The Morgan fingerprint density at radius 3 is 2.50 bits per heavy atom. The monoisotopic (exact) mass is 630 g/mol. The molecule has 3 aromatic carbocycles. The molecule has 0 aliphatic carbocycles. The maximum absolute atomic E-state index is 12.6. The molecule has 0 atom stereocenters. The molecule has 3 rings (SSSR count). The fraction of sp³-hybridized carbons (Fsp3) is 0.115. The van der Waals surface area contributed by atoms with Crippen molar-refractivity contribution in [3.63, 3.8) is 0 Å². The summed E-state index contributed by atoms with van der Waals surface area (Å²) in [5, 5.41) is 12.2. The average Bonchev–Trinajstić information content (AvgIpc) is 2.82. The van der Waals surface area contributed by atoms with Crippen molar-refractivity contribution in [3.8, 4) is 11.8 Å². The second kappa shape index (κ2) is 11.8. The second-order valence-electron chi connectivity index (χ2n) is 7.28. The maximum Gasteiger partial charge on any atom is 0.337 e. The van der Waals surface area contributed by atoms with E-state index in [1.807, 2.05) is 37.3 Å². The molecule has 8 heteroatoms. The van der Waals surface area contributed by atoms with E-state index in [1.54, 1.807) is 18.2 Å².